The van der Waals surface area contributed by atoms with Gasteiger partial charge in [-0.2, -0.15) is 0 Å². The van der Waals surface area contributed by atoms with Crippen LogP contribution in [0.5, 0.6) is 5.75 Å². The Morgan fingerprint density at radius 1 is 0.597 bits per heavy atom. The van der Waals surface area contributed by atoms with E-state index in [1.807, 2.05) is 12.1 Å². The van der Waals surface area contributed by atoms with E-state index in [0.717, 1.165) is 87.7 Å². The molecular weight excluding hydrogens is 876 g/mol. The molecule has 5 heteroatoms. The molecule has 1 aromatic heterocycles. The Hall–Kier alpha value is -6.20. The molecule has 0 amide bonds. The molecule has 1 aliphatic heterocycles. The zero-order valence-electron chi connectivity index (χ0n) is 45.3. The number of nitrogens with zero attached hydrogens (tertiary/aromatic N) is 1. The van der Waals surface area contributed by atoms with Crippen molar-refractivity contribution in [3.63, 3.8) is 0 Å². The van der Waals surface area contributed by atoms with E-state index in [0.29, 0.717) is 0 Å². The second-order valence-corrected chi connectivity index (χ2v) is 26.6. The Morgan fingerprint density at radius 3 is 1.94 bits per heavy atom. The van der Waals surface area contributed by atoms with Crippen molar-refractivity contribution in [1.29, 1.82) is 0 Å². The van der Waals surface area contributed by atoms with Gasteiger partial charge in [-0.25, -0.2) is 0 Å². The Labute approximate surface area is 429 Å². The molecule has 0 unspecified atom stereocenters. The SMILES string of the molecule is Cc1cc2c(cc1N1c3cc4oc5ccccc5c4c(-c4ccc(O)cc4Nc4ccc5c(c4)C(C)(C)CCC5(C)C)c3[B]c3ccc4c(c31)-c1ccc(CC(C)(C)C)cc1C4(C)C)C(C)(C)CCC2(C)C. The highest BCUT2D eigenvalue weighted by Gasteiger charge is 2.44. The molecule has 0 saturated heterocycles. The summed E-state index contributed by atoms with van der Waals surface area (Å²) in [5.74, 6) is 0.215. The lowest BCUT2D eigenvalue weighted by molar-refractivity contribution is 0.332. The molecule has 1 radical (unpaired) electrons. The topological polar surface area (TPSA) is 48.6 Å². The highest BCUT2D eigenvalue weighted by molar-refractivity contribution is 6.74. The number of fused-ring (bicyclic) bond motifs is 11. The molecule has 12 rings (SSSR count). The summed E-state index contributed by atoms with van der Waals surface area (Å²) >= 11 is 0. The minimum atomic E-state index is -0.210. The van der Waals surface area contributed by atoms with E-state index in [1.54, 1.807) is 0 Å². The number of benzene rings is 7. The fourth-order valence-electron chi connectivity index (χ4n) is 13.6. The van der Waals surface area contributed by atoms with Crippen LogP contribution in [0.3, 0.4) is 0 Å². The van der Waals surface area contributed by atoms with Gasteiger partial charge < -0.3 is 19.7 Å². The average Bonchev–Trinajstić information content (AvgIpc) is 3.79. The lowest BCUT2D eigenvalue weighted by Gasteiger charge is -2.44. The molecule has 3 aliphatic carbocycles. The minimum Gasteiger partial charge on any atom is -0.508 e. The number of anilines is 5. The van der Waals surface area contributed by atoms with Gasteiger partial charge >= 0.3 is 0 Å². The Kier molecular flexibility index (Phi) is 10.0. The van der Waals surface area contributed by atoms with Crippen LogP contribution in [-0.4, -0.2) is 12.4 Å². The van der Waals surface area contributed by atoms with Gasteiger partial charge in [0.25, 0.3) is 0 Å². The number of rotatable bonds is 5. The predicted molar refractivity (Wildman–Crippen MR) is 306 cm³/mol. The fourth-order valence-corrected chi connectivity index (χ4v) is 13.6. The van der Waals surface area contributed by atoms with Crippen molar-refractivity contribution < 1.29 is 9.52 Å². The summed E-state index contributed by atoms with van der Waals surface area (Å²) in [7, 11) is 2.46. The lowest BCUT2D eigenvalue weighted by Crippen LogP contribution is -2.42. The number of aromatic hydroxyl groups is 1. The number of hydrogen-bond donors (Lipinski definition) is 2. The minimum absolute atomic E-state index is 0.000327. The van der Waals surface area contributed by atoms with Crippen molar-refractivity contribution in [2.24, 2.45) is 5.41 Å². The maximum atomic E-state index is 11.4. The van der Waals surface area contributed by atoms with Gasteiger partial charge in [-0.15, -0.1) is 0 Å². The maximum Gasteiger partial charge on any atom is 0.197 e. The van der Waals surface area contributed by atoms with E-state index in [4.69, 9.17) is 4.42 Å². The maximum absolute atomic E-state index is 11.4. The van der Waals surface area contributed by atoms with Crippen LogP contribution >= 0.6 is 0 Å². The van der Waals surface area contributed by atoms with Gasteiger partial charge in [-0.3, -0.25) is 0 Å². The van der Waals surface area contributed by atoms with Gasteiger partial charge in [0.05, 0.1) is 5.69 Å². The largest absolute Gasteiger partial charge is 0.508 e. The Balaban J connectivity index is 1.15. The highest BCUT2D eigenvalue weighted by atomic mass is 16.3. The number of phenols is 1. The third kappa shape index (κ3) is 7.14. The summed E-state index contributed by atoms with van der Waals surface area (Å²) in [6, 6.07) is 40.8. The number of para-hydroxylation sites is 1. The summed E-state index contributed by atoms with van der Waals surface area (Å²) in [5, 5.41) is 17.5. The fraction of sp³-hybridized carbons (Fsp3) is 0.373. The predicted octanol–water partition coefficient (Wildman–Crippen LogP) is 17.0. The first-order valence-electron chi connectivity index (χ1n) is 26.7. The molecule has 0 saturated carbocycles. The van der Waals surface area contributed by atoms with Crippen molar-refractivity contribution in [2.45, 2.75) is 156 Å². The van der Waals surface area contributed by atoms with Gasteiger partial charge in [0.15, 0.2) is 7.28 Å². The summed E-state index contributed by atoms with van der Waals surface area (Å²) in [4.78, 5) is 2.63. The first-order valence-corrected chi connectivity index (χ1v) is 26.7. The van der Waals surface area contributed by atoms with Crippen molar-refractivity contribution in [3.05, 3.63) is 154 Å². The van der Waals surface area contributed by atoms with Crippen LogP contribution in [0, 0.1) is 12.3 Å². The van der Waals surface area contributed by atoms with Crippen LogP contribution < -0.4 is 21.1 Å². The number of hydrogen-bond acceptors (Lipinski definition) is 4. The Morgan fingerprint density at radius 2 is 1.24 bits per heavy atom. The van der Waals surface area contributed by atoms with E-state index in [-0.39, 0.29) is 38.2 Å². The number of nitrogens with one attached hydrogen (secondary N) is 1. The zero-order valence-corrected chi connectivity index (χ0v) is 45.3. The first-order chi connectivity index (χ1) is 33.8. The number of phenolic OH excluding ortho intramolecular Hbond substituents is 1. The van der Waals surface area contributed by atoms with E-state index in [2.05, 4.69) is 211 Å². The van der Waals surface area contributed by atoms with E-state index in [9.17, 15) is 5.11 Å². The number of aryl methyl sites for hydroxylation is 1. The average molecular weight is 948 g/mol. The molecule has 0 bridgehead atoms. The standard InChI is InChI=1S/C67H72BN2O2/c1-38-31-48-50(66(11,12)30-29-64(48,7)8)35-53(38)70-54-36-56-58(44-17-15-16-18-55(44)72-56)59(43-23-21-41(71)34-52(43)69-40-20-24-45-49(33-40)65(9,10)28-27-63(45,5)6)60(54)68-51-26-25-46-57(61(51)70)42-22-19-39(37-62(2,3)4)32-47(42)67(46,13)14/h15-26,31-36,69,71H,27-30,37H2,1-14H3. The lowest BCUT2D eigenvalue weighted by atomic mass is 9.57. The van der Waals surface area contributed by atoms with Gasteiger partial charge in [-0.1, -0.05) is 156 Å². The molecule has 72 heavy (non-hydrogen) atoms. The summed E-state index contributed by atoms with van der Waals surface area (Å²) in [6.07, 6.45) is 5.60. The third-order valence-electron chi connectivity index (χ3n) is 17.9. The Bertz CT molecular complexity index is 3610. The van der Waals surface area contributed by atoms with Crippen LogP contribution in [0.25, 0.3) is 44.2 Å². The molecule has 8 aromatic rings. The molecule has 0 atom stereocenters. The summed E-state index contributed by atoms with van der Waals surface area (Å²) in [6.45, 7) is 33.4. The van der Waals surface area contributed by atoms with E-state index < -0.39 is 0 Å². The molecule has 4 nitrogen and oxygen atoms in total. The van der Waals surface area contributed by atoms with Crippen LogP contribution in [0.1, 0.15) is 160 Å². The van der Waals surface area contributed by atoms with Crippen LogP contribution in [0.15, 0.2) is 114 Å². The van der Waals surface area contributed by atoms with Gasteiger partial charge in [-0.05, 0) is 164 Å². The van der Waals surface area contributed by atoms with Gasteiger partial charge in [0, 0.05) is 62.2 Å². The molecule has 0 spiro atoms. The molecule has 2 N–H and O–H groups in total. The van der Waals surface area contributed by atoms with E-state index >= 15 is 0 Å². The van der Waals surface area contributed by atoms with Crippen molar-refractivity contribution in [3.8, 4) is 28.0 Å². The van der Waals surface area contributed by atoms with Crippen molar-refractivity contribution in [2.75, 3.05) is 10.2 Å². The summed E-state index contributed by atoms with van der Waals surface area (Å²) < 4.78 is 7.05. The van der Waals surface area contributed by atoms with Crippen LogP contribution in [0.4, 0.5) is 28.4 Å². The van der Waals surface area contributed by atoms with Gasteiger partial charge in [0.1, 0.15) is 16.9 Å². The molecular formula is C67H72BN2O2. The smallest absolute Gasteiger partial charge is 0.197 e. The van der Waals surface area contributed by atoms with E-state index in [1.165, 1.54) is 72.5 Å². The third-order valence-corrected chi connectivity index (χ3v) is 17.9. The second kappa shape index (κ2) is 15.4. The quantitative estimate of drug-likeness (QED) is 0.169. The second-order valence-electron chi connectivity index (χ2n) is 26.6. The molecule has 0 fully saturated rings. The monoisotopic (exact) mass is 948 g/mol. The number of furan rings is 1. The zero-order chi connectivity index (χ0) is 50.8. The van der Waals surface area contributed by atoms with Gasteiger partial charge in [0.2, 0.25) is 0 Å². The van der Waals surface area contributed by atoms with Crippen molar-refractivity contribution in [1.82, 2.24) is 0 Å². The first kappa shape index (κ1) is 46.8. The molecule has 4 aliphatic rings. The van der Waals surface area contributed by atoms with Crippen LogP contribution in [0.2, 0.25) is 0 Å². The van der Waals surface area contributed by atoms with Crippen LogP contribution in [-0.2, 0) is 33.5 Å². The molecule has 2 heterocycles. The normalized spacial score (nSPS) is 18.4. The summed E-state index contributed by atoms with van der Waals surface area (Å²) in [5.41, 5.74) is 25.3. The van der Waals surface area contributed by atoms with Crippen molar-refractivity contribution >= 4 is 68.6 Å². The molecule has 365 valence electrons. The molecule has 7 aromatic carbocycles. The highest BCUT2D eigenvalue weighted by Crippen LogP contribution is 2.57.